The zero-order valence-electron chi connectivity index (χ0n) is 13.7. The molecule has 0 radical (unpaired) electrons. The quantitative estimate of drug-likeness (QED) is 0.790. The minimum atomic E-state index is -1.52. The van der Waals surface area contributed by atoms with Crippen molar-refractivity contribution >= 4 is 11.9 Å². The van der Waals surface area contributed by atoms with Crippen molar-refractivity contribution in [1.82, 2.24) is 0 Å². The lowest BCUT2D eigenvalue weighted by Gasteiger charge is -2.36. The molecule has 2 aromatic rings. The highest BCUT2D eigenvalue weighted by Gasteiger charge is 2.43. The van der Waals surface area contributed by atoms with E-state index in [1.807, 2.05) is 0 Å². The van der Waals surface area contributed by atoms with Gasteiger partial charge in [0.15, 0.2) is 18.5 Å². The molecule has 1 saturated heterocycles. The monoisotopic (exact) mass is 358 g/mol. The van der Waals surface area contributed by atoms with Gasteiger partial charge in [-0.1, -0.05) is 36.4 Å². The zero-order valence-corrected chi connectivity index (χ0v) is 13.7. The maximum atomic E-state index is 12.1. The SMILES string of the molecule is O=C(O[C@@H]1[C@@H](O)[C@@H](OC(=O)c2ccccc2)CO[C@@H]1O)c1ccccc1. The minimum Gasteiger partial charge on any atom is -0.453 e. The third kappa shape index (κ3) is 4.08. The van der Waals surface area contributed by atoms with Crippen LogP contribution in [-0.2, 0) is 14.2 Å². The molecule has 1 aliphatic rings. The van der Waals surface area contributed by atoms with Crippen LogP contribution in [0.5, 0.6) is 0 Å². The third-order valence-electron chi connectivity index (χ3n) is 3.95. The van der Waals surface area contributed by atoms with Crippen LogP contribution < -0.4 is 0 Å². The Morgan fingerprint density at radius 3 is 1.88 bits per heavy atom. The molecule has 0 spiro atoms. The standard InChI is InChI=1S/C19H18O7/c20-15-14(25-17(21)12-7-3-1-4-8-12)11-24-19(23)16(15)26-18(22)13-9-5-2-6-10-13/h1-10,14-16,19-20,23H,11H2/t14-,15-,16+,19-/m0/s1. The number of aliphatic hydroxyl groups is 2. The summed E-state index contributed by atoms with van der Waals surface area (Å²) < 4.78 is 15.5. The smallest absolute Gasteiger partial charge is 0.338 e. The molecule has 0 aromatic heterocycles. The molecule has 0 saturated carbocycles. The first-order chi connectivity index (χ1) is 12.6. The van der Waals surface area contributed by atoms with Gasteiger partial charge in [-0.05, 0) is 24.3 Å². The lowest BCUT2D eigenvalue weighted by Crippen LogP contribution is -2.56. The van der Waals surface area contributed by atoms with Gasteiger partial charge in [-0.25, -0.2) is 9.59 Å². The van der Waals surface area contributed by atoms with E-state index in [0.29, 0.717) is 5.56 Å². The summed E-state index contributed by atoms with van der Waals surface area (Å²) in [6.07, 6.45) is -5.42. The highest BCUT2D eigenvalue weighted by Crippen LogP contribution is 2.22. The Morgan fingerprint density at radius 1 is 0.846 bits per heavy atom. The number of carbonyl (C=O) groups excluding carboxylic acids is 2. The molecule has 4 atom stereocenters. The largest absolute Gasteiger partial charge is 0.453 e. The molecule has 7 nitrogen and oxygen atoms in total. The fraction of sp³-hybridized carbons (Fsp3) is 0.263. The van der Waals surface area contributed by atoms with E-state index in [9.17, 15) is 19.8 Å². The van der Waals surface area contributed by atoms with Crippen LogP contribution in [-0.4, -0.2) is 53.4 Å². The lowest BCUT2D eigenvalue weighted by molar-refractivity contribution is -0.251. The number of hydrogen-bond donors (Lipinski definition) is 2. The van der Waals surface area contributed by atoms with Gasteiger partial charge < -0.3 is 24.4 Å². The Bertz CT molecular complexity index is 747. The summed E-state index contributed by atoms with van der Waals surface area (Å²) in [6.45, 7) is -0.222. The second-order valence-corrected chi connectivity index (χ2v) is 5.76. The van der Waals surface area contributed by atoms with E-state index in [4.69, 9.17) is 14.2 Å². The van der Waals surface area contributed by atoms with Crippen LogP contribution in [0.2, 0.25) is 0 Å². The number of rotatable bonds is 4. The Kier molecular flexibility index (Phi) is 5.62. The lowest BCUT2D eigenvalue weighted by atomic mass is 10.0. The van der Waals surface area contributed by atoms with E-state index in [2.05, 4.69) is 0 Å². The van der Waals surface area contributed by atoms with Gasteiger partial charge >= 0.3 is 11.9 Å². The Morgan fingerprint density at radius 2 is 1.35 bits per heavy atom. The fourth-order valence-corrected chi connectivity index (χ4v) is 2.54. The number of esters is 2. The number of ether oxygens (including phenoxy) is 3. The molecule has 2 aromatic carbocycles. The highest BCUT2D eigenvalue weighted by molar-refractivity contribution is 5.90. The maximum Gasteiger partial charge on any atom is 0.338 e. The summed E-state index contributed by atoms with van der Waals surface area (Å²) in [4.78, 5) is 24.3. The van der Waals surface area contributed by atoms with Gasteiger partial charge in [-0.15, -0.1) is 0 Å². The van der Waals surface area contributed by atoms with Crippen LogP contribution in [0.15, 0.2) is 60.7 Å². The van der Waals surface area contributed by atoms with E-state index in [1.165, 1.54) is 12.1 Å². The molecule has 136 valence electrons. The Balaban J connectivity index is 1.67. The number of benzene rings is 2. The normalized spacial score (nSPS) is 25.3. The Labute approximate surface area is 149 Å². The first-order valence-corrected chi connectivity index (χ1v) is 8.06. The van der Waals surface area contributed by atoms with Crippen molar-refractivity contribution < 1.29 is 34.0 Å². The number of aliphatic hydroxyl groups excluding tert-OH is 2. The molecular weight excluding hydrogens is 340 g/mol. The van der Waals surface area contributed by atoms with Crippen molar-refractivity contribution in [3.05, 3.63) is 71.8 Å². The molecular formula is C19H18O7. The molecule has 0 aliphatic carbocycles. The summed E-state index contributed by atoms with van der Waals surface area (Å²) in [5.74, 6) is -1.38. The summed E-state index contributed by atoms with van der Waals surface area (Å²) in [5, 5.41) is 20.3. The minimum absolute atomic E-state index is 0.222. The molecule has 0 unspecified atom stereocenters. The van der Waals surface area contributed by atoms with E-state index in [0.717, 1.165) is 0 Å². The van der Waals surface area contributed by atoms with Crippen LogP contribution in [0, 0.1) is 0 Å². The summed E-state index contributed by atoms with van der Waals surface area (Å²) >= 11 is 0. The molecule has 2 N–H and O–H groups in total. The van der Waals surface area contributed by atoms with Crippen LogP contribution in [0.3, 0.4) is 0 Å². The average molecular weight is 358 g/mol. The van der Waals surface area contributed by atoms with Crippen LogP contribution >= 0.6 is 0 Å². The maximum absolute atomic E-state index is 12.1. The fourth-order valence-electron chi connectivity index (χ4n) is 2.54. The third-order valence-corrected chi connectivity index (χ3v) is 3.95. The summed E-state index contributed by atoms with van der Waals surface area (Å²) in [6, 6.07) is 16.4. The van der Waals surface area contributed by atoms with Gasteiger partial charge in [-0.2, -0.15) is 0 Å². The average Bonchev–Trinajstić information content (AvgIpc) is 2.68. The predicted octanol–water partition coefficient (Wildman–Crippen LogP) is 1.15. The van der Waals surface area contributed by atoms with Crippen LogP contribution in [0.25, 0.3) is 0 Å². The van der Waals surface area contributed by atoms with Crippen LogP contribution in [0.1, 0.15) is 20.7 Å². The van der Waals surface area contributed by atoms with E-state index >= 15 is 0 Å². The molecule has 3 rings (SSSR count). The molecule has 0 amide bonds. The van der Waals surface area contributed by atoms with E-state index in [1.54, 1.807) is 48.5 Å². The highest BCUT2D eigenvalue weighted by atomic mass is 16.7. The zero-order chi connectivity index (χ0) is 18.5. The second kappa shape index (κ2) is 8.09. The summed E-state index contributed by atoms with van der Waals surface area (Å²) in [7, 11) is 0. The molecule has 7 heteroatoms. The van der Waals surface area contributed by atoms with Crippen molar-refractivity contribution in [3.63, 3.8) is 0 Å². The van der Waals surface area contributed by atoms with Gasteiger partial charge in [0.25, 0.3) is 0 Å². The van der Waals surface area contributed by atoms with Gasteiger partial charge in [0.05, 0.1) is 17.7 Å². The van der Waals surface area contributed by atoms with Gasteiger partial charge in [0.2, 0.25) is 0 Å². The van der Waals surface area contributed by atoms with Crippen molar-refractivity contribution in [3.8, 4) is 0 Å². The molecule has 1 heterocycles. The van der Waals surface area contributed by atoms with Crippen molar-refractivity contribution in [2.45, 2.75) is 24.6 Å². The topological polar surface area (TPSA) is 102 Å². The van der Waals surface area contributed by atoms with Gasteiger partial charge in [0.1, 0.15) is 6.10 Å². The number of hydrogen-bond acceptors (Lipinski definition) is 7. The van der Waals surface area contributed by atoms with Gasteiger partial charge in [0, 0.05) is 0 Å². The van der Waals surface area contributed by atoms with E-state index < -0.39 is 36.5 Å². The van der Waals surface area contributed by atoms with Crippen molar-refractivity contribution in [1.29, 1.82) is 0 Å². The first-order valence-electron chi connectivity index (χ1n) is 8.06. The Hall–Kier alpha value is -2.74. The van der Waals surface area contributed by atoms with E-state index in [-0.39, 0.29) is 12.2 Å². The molecule has 1 fully saturated rings. The molecule has 26 heavy (non-hydrogen) atoms. The van der Waals surface area contributed by atoms with Gasteiger partial charge in [-0.3, -0.25) is 0 Å². The second-order valence-electron chi connectivity index (χ2n) is 5.76. The first kappa shape index (κ1) is 18.1. The summed E-state index contributed by atoms with van der Waals surface area (Å²) in [5.41, 5.74) is 0.568. The van der Waals surface area contributed by atoms with Crippen molar-refractivity contribution in [2.24, 2.45) is 0 Å². The molecule has 1 aliphatic heterocycles. The van der Waals surface area contributed by atoms with Crippen molar-refractivity contribution in [2.75, 3.05) is 6.61 Å². The van der Waals surface area contributed by atoms with Crippen LogP contribution in [0.4, 0.5) is 0 Å². The number of carbonyl (C=O) groups is 2. The predicted molar refractivity (Wildman–Crippen MR) is 89.3 cm³/mol. The molecule has 0 bridgehead atoms.